The maximum Gasteiger partial charge on any atom is 0.178 e. The van der Waals surface area contributed by atoms with Gasteiger partial charge in [0.25, 0.3) is 0 Å². The molecule has 0 saturated heterocycles. The number of aliphatic hydroxyl groups is 1. The van der Waals surface area contributed by atoms with E-state index in [1.807, 2.05) is 36.9 Å². The van der Waals surface area contributed by atoms with Crippen LogP contribution in [0.2, 0.25) is 0 Å². The Balaban J connectivity index is 0.000000180. The van der Waals surface area contributed by atoms with Crippen LogP contribution in [-0.2, 0) is 12.5 Å². The third kappa shape index (κ3) is 8.07. The Labute approximate surface area is 158 Å². The van der Waals surface area contributed by atoms with Crippen LogP contribution in [0.25, 0.3) is 0 Å². The first kappa shape index (κ1) is 20.9. The largest absolute Gasteiger partial charge is 0.389 e. The van der Waals surface area contributed by atoms with Gasteiger partial charge in [0.1, 0.15) is 10.0 Å². The molecule has 0 radical (unpaired) electrons. The first-order valence-corrected chi connectivity index (χ1v) is 10.0. The molecule has 0 fully saturated rings. The minimum Gasteiger partial charge on any atom is -0.389 e. The van der Waals surface area contributed by atoms with Crippen LogP contribution in [0.1, 0.15) is 36.9 Å². The third-order valence-corrected chi connectivity index (χ3v) is 5.54. The topological polar surface area (TPSA) is 76.0 Å². The second-order valence-corrected chi connectivity index (χ2v) is 7.54. The van der Waals surface area contributed by atoms with Gasteiger partial charge in [0.05, 0.1) is 12.5 Å². The van der Waals surface area contributed by atoms with E-state index >= 15 is 0 Å². The van der Waals surface area contributed by atoms with E-state index in [1.165, 1.54) is 22.7 Å². The molecule has 0 aliphatic carbocycles. The summed E-state index contributed by atoms with van der Waals surface area (Å²) >= 11 is 9.95. The Bertz CT molecular complexity index is 699. The van der Waals surface area contributed by atoms with Gasteiger partial charge in [-0.2, -0.15) is 0 Å². The van der Waals surface area contributed by atoms with Crippen LogP contribution in [0, 0.1) is 20.8 Å². The number of halogens is 1. The number of aryl methyl sites for hydroxylation is 3. The highest BCUT2D eigenvalue weighted by atomic mass is 35.5. The molecule has 0 bridgehead atoms. The second kappa shape index (κ2) is 11.4. The maximum absolute atomic E-state index is 9.97. The molecule has 0 spiro atoms. The normalized spacial score (nSPS) is 9.54. The molecule has 24 heavy (non-hydrogen) atoms. The molecule has 9 heteroatoms. The van der Waals surface area contributed by atoms with Crippen LogP contribution < -0.4 is 0 Å². The van der Waals surface area contributed by atoms with Crippen molar-refractivity contribution in [3.8, 4) is 0 Å². The molecule has 0 aliphatic heterocycles. The summed E-state index contributed by atoms with van der Waals surface area (Å²) in [4.78, 5) is 22.0. The van der Waals surface area contributed by atoms with Gasteiger partial charge < -0.3 is 5.11 Å². The predicted octanol–water partition coefficient (Wildman–Crippen LogP) is 4.40. The number of hydrogen-bond acceptors (Lipinski definition) is 8. The molecule has 5 nitrogen and oxygen atoms in total. The van der Waals surface area contributed by atoms with E-state index in [4.69, 9.17) is 16.7 Å². The van der Waals surface area contributed by atoms with Crippen molar-refractivity contribution in [2.75, 3.05) is 0 Å². The summed E-state index contributed by atoms with van der Waals surface area (Å²) in [5, 5.41) is 16.6. The number of carbonyl (C=O) groups excluding carboxylic acids is 1. The third-order valence-electron chi connectivity index (χ3n) is 2.32. The van der Waals surface area contributed by atoms with Crippen molar-refractivity contribution in [2.24, 2.45) is 0 Å². The molecule has 0 aromatic carbocycles. The van der Waals surface area contributed by atoms with Crippen molar-refractivity contribution < 1.29 is 9.90 Å². The Morgan fingerprint density at radius 1 is 0.958 bits per heavy atom. The lowest BCUT2D eigenvalue weighted by Crippen LogP contribution is -1.78. The van der Waals surface area contributed by atoms with E-state index < -0.39 is 0 Å². The molecule has 130 valence electrons. The maximum atomic E-state index is 9.97. The Morgan fingerprint density at radius 3 is 1.67 bits per heavy atom. The summed E-state index contributed by atoms with van der Waals surface area (Å²) in [7, 11) is 0. The predicted molar refractivity (Wildman–Crippen MR) is 101 cm³/mol. The van der Waals surface area contributed by atoms with E-state index in [0.717, 1.165) is 33.4 Å². The lowest BCUT2D eigenvalue weighted by Gasteiger charge is -1.79. The Hall–Kier alpha value is -1.19. The van der Waals surface area contributed by atoms with E-state index in [0.29, 0.717) is 10.9 Å². The highest BCUT2D eigenvalue weighted by molar-refractivity contribution is 7.11. The Kier molecular flexibility index (Phi) is 9.89. The summed E-state index contributed by atoms with van der Waals surface area (Å²) in [5.41, 5.74) is 2.96. The number of thiazole rings is 3. The van der Waals surface area contributed by atoms with E-state index in [1.54, 1.807) is 11.3 Å². The van der Waals surface area contributed by atoms with Gasteiger partial charge >= 0.3 is 0 Å². The van der Waals surface area contributed by atoms with Crippen molar-refractivity contribution in [2.45, 2.75) is 33.3 Å². The van der Waals surface area contributed by atoms with Gasteiger partial charge in [-0.15, -0.1) is 45.6 Å². The van der Waals surface area contributed by atoms with Crippen LogP contribution in [0.5, 0.6) is 0 Å². The minimum atomic E-state index is 0.0680. The van der Waals surface area contributed by atoms with Gasteiger partial charge in [0.15, 0.2) is 11.3 Å². The smallest absolute Gasteiger partial charge is 0.178 e. The highest BCUT2D eigenvalue weighted by Crippen LogP contribution is 2.10. The summed E-state index contributed by atoms with van der Waals surface area (Å²) in [6, 6.07) is 0. The number of hydrogen-bond donors (Lipinski definition) is 1. The van der Waals surface area contributed by atoms with Crippen LogP contribution >= 0.6 is 45.6 Å². The lowest BCUT2D eigenvalue weighted by molar-refractivity contribution is 0.112. The first-order chi connectivity index (χ1) is 11.5. The fraction of sp³-hybridized carbons (Fsp3) is 0.333. The molecule has 0 atom stereocenters. The van der Waals surface area contributed by atoms with Crippen LogP contribution in [0.15, 0.2) is 16.1 Å². The summed E-state index contributed by atoms with van der Waals surface area (Å²) in [5.74, 6) is 0.540. The number of alkyl halides is 1. The molecule has 0 amide bonds. The van der Waals surface area contributed by atoms with Gasteiger partial charge in [-0.3, -0.25) is 4.79 Å². The molecule has 3 aromatic heterocycles. The average Bonchev–Trinajstić information content (AvgIpc) is 3.30. The number of aldehydes is 1. The standard InChI is InChI=1S/C5H6ClNS.C5H7NOS.C5H5NOS/c1-4-3-8-5(2-6)7-4;2*1-4-3-8-5(2-7)6-4/h3H,2H2,1H3;3,7H,2H2,1H3;2-3H,1H3. The molecular weight excluding hydrogens is 386 g/mol. The second-order valence-electron chi connectivity index (χ2n) is 4.50. The SMILES string of the molecule is Cc1csc(C=O)n1.Cc1csc(CCl)n1.Cc1csc(CO)n1. The van der Waals surface area contributed by atoms with Crippen molar-refractivity contribution in [3.05, 3.63) is 48.2 Å². The van der Waals surface area contributed by atoms with Crippen LogP contribution in [0.3, 0.4) is 0 Å². The van der Waals surface area contributed by atoms with E-state index in [-0.39, 0.29) is 6.61 Å². The molecule has 3 aromatic rings. The number of nitrogens with zero attached hydrogens (tertiary/aromatic N) is 3. The summed E-state index contributed by atoms with van der Waals surface area (Å²) in [6.45, 7) is 5.81. The average molecular weight is 404 g/mol. The quantitative estimate of drug-likeness (QED) is 0.518. The molecule has 1 N–H and O–H groups in total. The van der Waals surface area contributed by atoms with Gasteiger partial charge in [-0.05, 0) is 20.8 Å². The summed E-state index contributed by atoms with van der Waals surface area (Å²) < 4.78 is 0. The molecular formula is C15H18ClN3O2S3. The van der Waals surface area contributed by atoms with Crippen molar-refractivity contribution in [1.29, 1.82) is 0 Å². The van der Waals surface area contributed by atoms with Crippen molar-refractivity contribution in [3.63, 3.8) is 0 Å². The van der Waals surface area contributed by atoms with Crippen LogP contribution in [-0.4, -0.2) is 26.3 Å². The molecule has 3 heterocycles. The number of aliphatic hydroxyl groups excluding tert-OH is 1. The Morgan fingerprint density at radius 2 is 1.46 bits per heavy atom. The molecule has 0 saturated carbocycles. The molecule has 0 unspecified atom stereocenters. The highest BCUT2D eigenvalue weighted by Gasteiger charge is 1.93. The zero-order chi connectivity index (χ0) is 17.9. The molecule has 3 rings (SSSR count). The van der Waals surface area contributed by atoms with Crippen molar-refractivity contribution >= 4 is 51.9 Å². The fourth-order valence-corrected chi connectivity index (χ4v) is 3.46. The van der Waals surface area contributed by atoms with Crippen molar-refractivity contribution in [1.82, 2.24) is 15.0 Å². The zero-order valence-corrected chi connectivity index (χ0v) is 16.7. The molecule has 0 aliphatic rings. The monoisotopic (exact) mass is 403 g/mol. The number of rotatable bonds is 3. The number of aromatic nitrogens is 3. The lowest BCUT2D eigenvalue weighted by atomic mass is 10.6. The van der Waals surface area contributed by atoms with E-state index in [2.05, 4.69) is 15.0 Å². The number of carbonyl (C=O) groups is 1. The van der Waals surface area contributed by atoms with Gasteiger partial charge in [0, 0.05) is 33.2 Å². The van der Waals surface area contributed by atoms with E-state index in [9.17, 15) is 4.79 Å². The van der Waals surface area contributed by atoms with Crippen LogP contribution in [0.4, 0.5) is 0 Å². The van der Waals surface area contributed by atoms with Gasteiger partial charge in [-0.25, -0.2) is 15.0 Å². The van der Waals surface area contributed by atoms with Gasteiger partial charge in [-0.1, -0.05) is 0 Å². The minimum absolute atomic E-state index is 0.0680. The first-order valence-electron chi connectivity index (χ1n) is 6.84. The zero-order valence-electron chi connectivity index (χ0n) is 13.5. The fourth-order valence-electron chi connectivity index (χ4n) is 1.37. The van der Waals surface area contributed by atoms with Gasteiger partial charge in [0.2, 0.25) is 0 Å². The summed E-state index contributed by atoms with van der Waals surface area (Å²) in [6.07, 6.45) is 0.762.